The molecule has 0 aliphatic carbocycles. The van der Waals surface area contributed by atoms with E-state index in [0.717, 1.165) is 43.6 Å². The molecule has 1 spiro atoms. The standard InChI is InChI=1S/C12H15N3O2/c16-15(17)10-3-1-2-9-8-12(14-11(9)10)4-6-13-7-5-12/h1-3,13-14H,4-8H2. The Morgan fingerprint density at radius 2 is 2.06 bits per heavy atom. The second-order valence-corrected chi connectivity index (χ2v) is 4.90. The highest BCUT2D eigenvalue weighted by atomic mass is 16.6. The smallest absolute Gasteiger partial charge is 0.292 e. The molecule has 2 aliphatic rings. The van der Waals surface area contributed by atoms with E-state index in [2.05, 4.69) is 10.6 Å². The van der Waals surface area contributed by atoms with E-state index in [1.807, 2.05) is 6.07 Å². The Morgan fingerprint density at radius 1 is 1.29 bits per heavy atom. The number of rotatable bonds is 1. The summed E-state index contributed by atoms with van der Waals surface area (Å²) in [6.45, 7) is 1.96. The second-order valence-electron chi connectivity index (χ2n) is 4.90. The fraction of sp³-hybridized carbons (Fsp3) is 0.500. The number of nitrogens with zero attached hydrogens (tertiary/aromatic N) is 1. The van der Waals surface area contributed by atoms with Crippen LogP contribution in [0.1, 0.15) is 18.4 Å². The van der Waals surface area contributed by atoms with E-state index in [9.17, 15) is 10.1 Å². The van der Waals surface area contributed by atoms with Gasteiger partial charge in [-0.1, -0.05) is 12.1 Å². The number of nitro benzene ring substituents is 1. The summed E-state index contributed by atoms with van der Waals surface area (Å²) in [5, 5.41) is 17.7. The molecule has 1 fully saturated rings. The normalized spacial score (nSPS) is 20.9. The summed E-state index contributed by atoms with van der Waals surface area (Å²) in [6, 6.07) is 5.34. The lowest BCUT2D eigenvalue weighted by Crippen LogP contribution is -2.46. The van der Waals surface area contributed by atoms with Gasteiger partial charge in [0.05, 0.1) is 4.92 Å². The largest absolute Gasteiger partial charge is 0.373 e. The van der Waals surface area contributed by atoms with Crippen molar-refractivity contribution in [2.24, 2.45) is 0 Å². The Morgan fingerprint density at radius 3 is 2.76 bits per heavy atom. The first-order chi connectivity index (χ1) is 8.20. The zero-order valence-corrected chi connectivity index (χ0v) is 9.53. The van der Waals surface area contributed by atoms with Crippen molar-refractivity contribution in [3.8, 4) is 0 Å². The lowest BCUT2D eigenvalue weighted by atomic mass is 9.86. The van der Waals surface area contributed by atoms with Crippen LogP contribution in [0.25, 0.3) is 0 Å². The molecule has 0 saturated carbocycles. The number of piperidine rings is 1. The van der Waals surface area contributed by atoms with Crippen LogP contribution in [0.15, 0.2) is 18.2 Å². The minimum absolute atomic E-state index is 0.0414. The third kappa shape index (κ3) is 1.67. The maximum Gasteiger partial charge on any atom is 0.292 e. The fourth-order valence-electron chi connectivity index (χ4n) is 2.91. The van der Waals surface area contributed by atoms with E-state index in [1.54, 1.807) is 12.1 Å². The number of fused-ring (bicyclic) bond motifs is 1. The summed E-state index contributed by atoms with van der Waals surface area (Å²) >= 11 is 0. The van der Waals surface area contributed by atoms with Gasteiger partial charge >= 0.3 is 0 Å². The highest BCUT2D eigenvalue weighted by Gasteiger charge is 2.40. The summed E-state index contributed by atoms with van der Waals surface area (Å²) in [5.41, 5.74) is 2.07. The molecule has 17 heavy (non-hydrogen) atoms. The SMILES string of the molecule is O=[N+]([O-])c1cccc2c1NC1(CCNCC1)C2. The molecule has 0 bridgehead atoms. The van der Waals surface area contributed by atoms with Crippen LogP contribution < -0.4 is 10.6 Å². The molecule has 5 heteroatoms. The molecular formula is C12H15N3O2. The Kier molecular flexibility index (Phi) is 2.29. The number of para-hydroxylation sites is 1. The van der Waals surface area contributed by atoms with Gasteiger partial charge in [-0.2, -0.15) is 0 Å². The maximum atomic E-state index is 11.0. The molecule has 2 heterocycles. The van der Waals surface area contributed by atoms with Gasteiger partial charge in [-0.25, -0.2) is 0 Å². The predicted octanol–water partition coefficient (Wildman–Crippen LogP) is 1.68. The topological polar surface area (TPSA) is 67.2 Å². The lowest BCUT2D eigenvalue weighted by Gasteiger charge is -2.34. The predicted molar refractivity (Wildman–Crippen MR) is 65.3 cm³/mol. The lowest BCUT2D eigenvalue weighted by molar-refractivity contribution is -0.384. The van der Waals surface area contributed by atoms with Gasteiger partial charge in [0.1, 0.15) is 5.69 Å². The van der Waals surface area contributed by atoms with Crippen LogP contribution in [0.4, 0.5) is 11.4 Å². The third-order valence-electron chi connectivity index (χ3n) is 3.81. The van der Waals surface area contributed by atoms with Gasteiger partial charge in [0.25, 0.3) is 5.69 Å². The van der Waals surface area contributed by atoms with Crippen molar-refractivity contribution >= 4 is 11.4 Å². The summed E-state index contributed by atoms with van der Waals surface area (Å²) in [7, 11) is 0. The summed E-state index contributed by atoms with van der Waals surface area (Å²) in [6.07, 6.45) is 2.96. The molecule has 0 amide bonds. The van der Waals surface area contributed by atoms with Crippen molar-refractivity contribution in [2.45, 2.75) is 24.8 Å². The Balaban J connectivity index is 1.97. The number of nitrogens with one attached hydrogen (secondary N) is 2. The molecule has 0 aromatic heterocycles. The van der Waals surface area contributed by atoms with Crippen LogP contribution in [0.3, 0.4) is 0 Å². The van der Waals surface area contributed by atoms with E-state index in [0.29, 0.717) is 0 Å². The van der Waals surface area contributed by atoms with Crippen LogP contribution >= 0.6 is 0 Å². The molecule has 90 valence electrons. The van der Waals surface area contributed by atoms with Crippen molar-refractivity contribution in [1.29, 1.82) is 0 Å². The van der Waals surface area contributed by atoms with Gasteiger partial charge in [0, 0.05) is 11.6 Å². The quantitative estimate of drug-likeness (QED) is 0.572. The minimum Gasteiger partial charge on any atom is -0.373 e. The van der Waals surface area contributed by atoms with Gasteiger partial charge < -0.3 is 10.6 Å². The van der Waals surface area contributed by atoms with E-state index < -0.39 is 0 Å². The van der Waals surface area contributed by atoms with Crippen molar-refractivity contribution in [1.82, 2.24) is 5.32 Å². The molecule has 2 aliphatic heterocycles. The molecule has 1 aromatic rings. The number of anilines is 1. The van der Waals surface area contributed by atoms with Crippen LogP contribution in [0.5, 0.6) is 0 Å². The molecule has 1 saturated heterocycles. The molecule has 5 nitrogen and oxygen atoms in total. The fourth-order valence-corrected chi connectivity index (χ4v) is 2.91. The number of hydrogen-bond donors (Lipinski definition) is 2. The number of benzene rings is 1. The minimum atomic E-state index is -0.300. The van der Waals surface area contributed by atoms with Crippen LogP contribution in [-0.2, 0) is 6.42 Å². The zero-order chi connectivity index (χ0) is 11.9. The molecule has 2 N–H and O–H groups in total. The first kappa shape index (κ1) is 10.5. The molecular weight excluding hydrogens is 218 g/mol. The summed E-state index contributed by atoms with van der Waals surface area (Å²) in [4.78, 5) is 10.7. The first-order valence-electron chi connectivity index (χ1n) is 5.95. The van der Waals surface area contributed by atoms with E-state index in [-0.39, 0.29) is 16.1 Å². The summed E-state index contributed by atoms with van der Waals surface area (Å²) < 4.78 is 0. The average molecular weight is 233 g/mol. The van der Waals surface area contributed by atoms with Crippen molar-refractivity contribution in [3.05, 3.63) is 33.9 Å². The van der Waals surface area contributed by atoms with E-state index in [1.165, 1.54) is 0 Å². The van der Waals surface area contributed by atoms with Gasteiger partial charge in [-0.05, 0) is 37.9 Å². The zero-order valence-electron chi connectivity index (χ0n) is 9.53. The molecule has 0 atom stereocenters. The summed E-state index contributed by atoms with van der Waals surface area (Å²) in [5.74, 6) is 0. The number of nitro groups is 1. The molecule has 0 unspecified atom stereocenters. The highest BCUT2D eigenvalue weighted by molar-refractivity contribution is 5.71. The van der Waals surface area contributed by atoms with Crippen LogP contribution in [0, 0.1) is 10.1 Å². The molecule has 1 aromatic carbocycles. The number of hydrogen-bond acceptors (Lipinski definition) is 4. The monoisotopic (exact) mass is 233 g/mol. The van der Waals surface area contributed by atoms with Gasteiger partial charge in [-0.15, -0.1) is 0 Å². The van der Waals surface area contributed by atoms with Crippen LogP contribution in [-0.4, -0.2) is 23.6 Å². The van der Waals surface area contributed by atoms with Crippen molar-refractivity contribution in [3.63, 3.8) is 0 Å². The Bertz CT molecular complexity index is 467. The Hall–Kier alpha value is -1.62. The first-order valence-corrected chi connectivity index (χ1v) is 5.95. The third-order valence-corrected chi connectivity index (χ3v) is 3.81. The van der Waals surface area contributed by atoms with Crippen molar-refractivity contribution < 1.29 is 4.92 Å². The molecule has 0 radical (unpaired) electrons. The second kappa shape index (κ2) is 3.70. The van der Waals surface area contributed by atoms with E-state index in [4.69, 9.17) is 0 Å². The van der Waals surface area contributed by atoms with Crippen molar-refractivity contribution in [2.75, 3.05) is 18.4 Å². The van der Waals surface area contributed by atoms with Gasteiger partial charge in [0.15, 0.2) is 0 Å². The maximum absolute atomic E-state index is 11.0. The Labute approximate surface area is 99.4 Å². The van der Waals surface area contributed by atoms with Crippen LogP contribution in [0.2, 0.25) is 0 Å². The highest BCUT2D eigenvalue weighted by Crippen LogP contribution is 2.42. The average Bonchev–Trinajstić information content (AvgIpc) is 2.66. The van der Waals surface area contributed by atoms with Gasteiger partial charge in [-0.3, -0.25) is 10.1 Å². The molecule has 3 rings (SSSR count). The van der Waals surface area contributed by atoms with E-state index >= 15 is 0 Å². The van der Waals surface area contributed by atoms with Gasteiger partial charge in [0.2, 0.25) is 0 Å².